The first-order valence-corrected chi connectivity index (χ1v) is 9.25. The largest absolute Gasteiger partial charge is 0.394 e. The Morgan fingerprint density at radius 2 is 1.68 bits per heavy atom. The third-order valence-electron chi connectivity index (χ3n) is 5.29. The minimum absolute atomic E-state index is 0.148. The molecule has 144 valence electrons. The van der Waals surface area contributed by atoms with Crippen molar-refractivity contribution in [2.45, 2.75) is 12.1 Å². The van der Waals surface area contributed by atoms with Gasteiger partial charge in [-0.2, -0.15) is 0 Å². The summed E-state index contributed by atoms with van der Waals surface area (Å²) in [6, 6.07) is 15.7. The highest BCUT2D eigenvalue weighted by molar-refractivity contribution is 5.99. The molecule has 2 heterocycles. The van der Waals surface area contributed by atoms with Crippen molar-refractivity contribution in [2.24, 2.45) is 0 Å². The molecular weight excluding hydrogens is 358 g/mol. The van der Waals surface area contributed by atoms with E-state index in [1.54, 1.807) is 17.0 Å². The Hall–Kier alpha value is -3.19. The van der Waals surface area contributed by atoms with Gasteiger partial charge in [0.2, 0.25) is 11.8 Å². The Kier molecular flexibility index (Phi) is 4.83. The third kappa shape index (κ3) is 3.25. The molecule has 28 heavy (non-hydrogen) atoms. The monoisotopic (exact) mass is 379 g/mol. The summed E-state index contributed by atoms with van der Waals surface area (Å²) in [5.74, 6) is -0.800. The Morgan fingerprint density at radius 3 is 2.36 bits per heavy atom. The second-order valence-corrected chi connectivity index (χ2v) is 6.99. The Balaban J connectivity index is 1.48. The molecule has 4 rings (SSSR count). The number of nitrogens with one attached hydrogen (secondary N) is 1. The van der Waals surface area contributed by atoms with E-state index in [-0.39, 0.29) is 30.8 Å². The molecule has 2 aromatic rings. The maximum absolute atomic E-state index is 12.9. The van der Waals surface area contributed by atoms with Gasteiger partial charge in [-0.3, -0.25) is 14.4 Å². The van der Waals surface area contributed by atoms with Crippen LogP contribution in [0.5, 0.6) is 0 Å². The van der Waals surface area contributed by atoms with E-state index in [0.29, 0.717) is 12.1 Å². The fourth-order valence-electron chi connectivity index (χ4n) is 3.73. The van der Waals surface area contributed by atoms with Crippen molar-refractivity contribution >= 4 is 17.7 Å². The van der Waals surface area contributed by atoms with Gasteiger partial charge in [-0.25, -0.2) is 0 Å². The normalized spacial score (nSPS) is 21.9. The number of fused-ring (bicyclic) bond motifs is 1. The predicted molar refractivity (Wildman–Crippen MR) is 102 cm³/mol. The molecule has 7 nitrogen and oxygen atoms in total. The molecule has 2 atom stereocenters. The average Bonchev–Trinajstić information content (AvgIpc) is 2.76. The SMILES string of the molecule is O=C1N[C@@H](CO)C(=O)N2CCN(C(=O)c3ccc(-c4ccccc4)cc3)C[C@H]12. The summed E-state index contributed by atoms with van der Waals surface area (Å²) in [6.07, 6.45) is 0. The Bertz CT molecular complexity index is 898. The van der Waals surface area contributed by atoms with Crippen LogP contribution in [0.4, 0.5) is 0 Å². The van der Waals surface area contributed by atoms with Gasteiger partial charge in [-0.1, -0.05) is 42.5 Å². The summed E-state index contributed by atoms with van der Waals surface area (Å²) in [7, 11) is 0. The van der Waals surface area contributed by atoms with Gasteiger partial charge in [0, 0.05) is 18.7 Å². The molecule has 0 bridgehead atoms. The van der Waals surface area contributed by atoms with Crippen LogP contribution in [0.15, 0.2) is 54.6 Å². The van der Waals surface area contributed by atoms with Crippen molar-refractivity contribution in [3.8, 4) is 11.1 Å². The second kappa shape index (κ2) is 7.44. The molecule has 7 heteroatoms. The van der Waals surface area contributed by atoms with Crippen LogP contribution in [0.3, 0.4) is 0 Å². The van der Waals surface area contributed by atoms with Gasteiger partial charge in [0.05, 0.1) is 13.2 Å². The minimum atomic E-state index is -0.892. The van der Waals surface area contributed by atoms with Crippen LogP contribution >= 0.6 is 0 Å². The zero-order valence-corrected chi connectivity index (χ0v) is 15.2. The number of benzene rings is 2. The standard InChI is InChI=1S/C21H21N3O4/c25-13-17-21(28)24-11-10-23(12-18(24)19(26)22-17)20(27)16-8-6-15(7-9-16)14-4-2-1-3-5-14/h1-9,17-18,25H,10-13H2,(H,22,26)/t17-,18+/m0/s1. The summed E-state index contributed by atoms with van der Waals surface area (Å²) in [6.45, 7) is 0.355. The zero-order chi connectivity index (χ0) is 19.7. The molecule has 2 aromatic carbocycles. The lowest BCUT2D eigenvalue weighted by Gasteiger charge is -2.44. The molecule has 2 fully saturated rings. The van der Waals surface area contributed by atoms with Crippen molar-refractivity contribution in [3.05, 3.63) is 60.2 Å². The number of aliphatic hydroxyl groups is 1. The van der Waals surface area contributed by atoms with E-state index in [4.69, 9.17) is 0 Å². The van der Waals surface area contributed by atoms with Gasteiger partial charge in [0.1, 0.15) is 12.1 Å². The molecule has 0 radical (unpaired) electrons. The first kappa shape index (κ1) is 18.2. The van der Waals surface area contributed by atoms with Crippen LogP contribution < -0.4 is 5.32 Å². The lowest BCUT2D eigenvalue weighted by Crippen LogP contribution is -2.70. The maximum Gasteiger partial charge on any atom is 0.253 e. The van der Waals surface area contributed by atoms with Crippen molar-refractivity contribution in [3.63, 3.8) is 0 Å². The molecular formula is C21H21N3O4. The lowest BCUT2D eigenvalue weighted by molar-refractivity contribution is -0.153. The van der Waals surface area contributed by atoms with E-state index in [1.165, 1.54) is 4.90 Å². The lowest BCUT2D eigenvalue weighted by atomic mass is 10.0. The maximum atomic E-state index is 12.9. The number of nitrogens with zero attached hydrogens (tertiary/aromatic N) is 2. The molecule has 0 aromatic heterocycles. The van der Waals surface area contributed by atoms with Crippen molar-refractivity contribution in [2.75, 3.05) is 26.2 Å². The average molecular weight is 379 g/mol. The van der Waals surface area contributed by atoms with E-state index in [0.717, 1.165) is 11.1 Å². The summed E-state index contributed by atoms with van der Waals surface area (Å²) < 4.78 is 0. The third-order valence-corrected chi connectivity index (χ3v) is 5.29. The Labute approximate surface area is 162 Å². The zero-order valence-electron chi connectivity index (χ0n) is 15.2. The number of carbonyl (C=O) groups is 3. The summed E-state index contributed by atoms with van der Waals surface area (Å²) in [4.78, 5) is 40.5. The van der Waals surface area contributed by atoms with Crippen molar-refractivity contribution < 1.29 is 19.5 Å². The van der Waals surface area contributed by atoms with Crippen molar-refractivity contribution in [1.29, 1.82) is 0 Å². The van der Waals surface area contributed by atoms with Gasteiger partial charge in [0.25, 0.3) is 5.91 Å². The molecule has 3 amide bonds. The molecule has 0 saturated carbocycles. The van der Waals surface area contributed by atoms with Crippen LogP contribution in [0.2, 0.25) is 0 Å². The highest BCUT2D eigenvalue weighted by Gasteiger charge is 2.44. The van der Waals surface area contributed by atoms with E-state index in [1.807, 2.05) is 42.5 Å². The highest BCUT2D eigenvalue weighted by Crippen LogP contribution is 2.21. The van der Waals surface area contributed by atoms with Crippen LogP contribution in [-0.2, 0) is 9.59 Å². The summed E-state index contributed by atoms with van der Waals surface area (Å²) in [5.41, 5.74) is 2.64. The second-order valence-electron chi connectivity index (χ2n) is 6.99. The van der Waals surface area contributed by atoms with Crippen LogP contribution in [0.25, 0.3) is 11.1 Å². The van der Waals surface area contributed by atoms with E-state index in [2.05, 4.69) is 5.32 Å². The van der Waals surface area contributed by atoms with E-state index >= 15 is 0 Å². The topological polar surface area (TPSA) is 89.9 Å². The number of rotatable bonds is 3. The first-order chi connectivity index (χ1) is 13.6. The predicted octanol–water partition coefficient (Wildman–Crippen LogP) is 0.497. The highest BCUT2D eigenvalue weighted by atomic mass is 16.3. The molecule has 2 aliphatic heterocycles. The fraction of sp³-hybridized carbons (Fsp3) is 0.286. The van der Waals surface area contributed by atoms with Crippen LogP contribution in [-0.4, -0.2) is 71.0 Å². The molecule has 2 aliphatic rings. The van der Waals surface area contributed by atoms with Gasteiger partial charge < -0.3 is 20.2 Å². The van der Waals surface area contributed by atoms with Gasteiger partial charge in [0.15, 0.2) is 0 Å². The Morgan fingerprint density at radius 1 is 1.00 bits per heavy atom. The number of hydrogen-bond acceptors (Lipinski definition) is 4. The number of aliphatic hydroxyl groups excluding tert-OH is 1. The number of carbonyl (C=O) groups excluding carboxylic acids is 3. The quantitative estimate of drug-likeness (QED) is 0.813. The van der Waals surface area contributed by atoms with E-state index in [9.17, 15) is 19.5 Å². The van der Waals surface area contributed by atoms with Gasteiger partial charge in [-0.15, -0.1) is 0 Å². The summed E-state index contributed by atoms with van der Waals surface area (Å²) in [5, 5.41) is 11.8. The number of piperazine rings is 2. The molecule has 0 unspecified atom stereocenters. The smallest absolute Gasteiger partial charge is 0.253 e. The van der Waals surface area contributed by atoms with Gasteiger partial charge in [-0.05, 0) is 23.3 Å². The molecule has 2 N–H and O–H groups in total. The minimum Gasteiger partial charge on any atom is -0.394 e. The molecule has 0 aliphatic carbocycles. The first-order valence-electron chi connectivity index (χ1n) is 9.25. The van der Waals surface area contributed by atoms with Crippen LogP contribution in [0.1, 0.15) is 10.4 Å². The molecule has 0 spiro atoms. The summed E-state index contributed by atoms with van der Waals surface area (Å²) >= 11 is 0. The van der Waals surface area contributed by atoms with Crippen LogP contribution in [0, 0.1) is 0 Å². The van der Waals surface area contributed by atoms with Gasteiger partial charge >= 0.3 is 0 Å². The number of amides is 3. The van der Waals surface area contributed by atoms with E-state index < -0.39 is 18.7 Å². The number of hydrogen-bond donors (Lipinski definition) is 2. The van der Waals surface area contributed by atoms with Crippen molar-refractivity contribution in [1.82, 2.24) is 15.1 Å². The molecule has 2 saturated heterocycles. The fourth-order valence-corrected chi connectivity index (χ4v) is 3.73.